The molecule has 0 atom stereocenters. The molecule has 7 heteroatoms. The summed E-state index contributed by atoms with van der Waals surface area (Å²) in [6.45, 7) is 8.96. The fourth-order valence-electron chi connectivity index (χ4n) is 2.70. The summed E-state index contributed by atoms with van der Waals surface area (Å²) in [5, 5.41) is 8.48. The molecule has 114 valence electrons. The maximum absolute atomic E-state index is 5.86. The number of hydrogen-bond acceptors (Lipinski definition) is 6. The fraction of sp³-hybridized carbons (Fsp3) is 0.643. The van der Waals surface area contributed by atoms with Crippen LogP contribution in [0.2, 0.25) is 0 Å². The van der Waals surface area contributed by atoms with E-state index < -0.39 is 0 Å². The summed E-state index contributed by atoms with van der Waals surface area (Å²) < 4.78 is 0. The third kappa shape index (κ3) is 2.80. The Kier molecular flexibility index (Phi) is 3.71. The van der Waals surface area contributed by atoms with Crippen LogP contribution in [0.1, 0.15) is 30.5 Å². The van der Waals surface area contributed by atoms with Crippen molar-refractivity contribution < 1.29 is 0 Å². The third-order valence-corrected chi connectivity index (χ3v) is 5.42. The molecule has 2 aromatic rings. The Labute approximate surface area is 128 Å². The minimum absolute atomic E-state index is 0.265. The van der Waals surface area contributed by atoms with Gasteiger partial charge in [-0.3, -0.25) is 5.10 Å². The van der Waals surface area contributed by atoms with Crippen LogP contribution in [0.5, 0.6) is 0 Å². The van der Waals surface area contributed by atoms with Gasteiger partial charge in [0.1, 0.15) is 0 Å². The van der Waals surface area contributed by atoms with Gasteiger partial charge in [-0.1, -0.05) is 6.92 Å². The second kappa shape index (κ2) is 5.38. The van der Waals surface area contributed by atoms with Gasteiger partial charge in [0.2, 0.25) is 5.95 Å². The summed E-state index contributed by atoms with van der Waals surface area (Å²) in [6, 6.07) is 0. The molecule has 3 rings (SSSR count). The molecular formula is C14H22N6S. The molecule has 3 heterocycles. The van der Waals surface area contributed by atoms with E-state index in [0.717, 1.165) is 59.8 Å². The van der Waals surface area contributed by atoms with E-state index in [1.54, 1.807) is 11.3 Å². The quantitative estimate of drug-likeness (QED) is 0.907. The van der Waals surface area contributed by atoms with Crippen LogP contribution >= 0.6 is 11.3 Å². The van der Waals surface area contributed by atoms with E-state index in [9.17, 15) is 0 Å². The van der Waals surface area contributed by atoms with E-state index >= 15 is 0 Å². The van der Waals surface area contributed by atoms with Crippen LogP contribution in [0, 0.1) is 19.3 Å². The number of piperidine rings is 1. The summed E-state index contributed by atoms with van der Waals surface area (Å²) in [5.74, 6) is 1.61. The summed E-state index contributed by atoms with van der Waals surface area (Å²) >= 11 is 1.65. The molecule has 6 nitrogen and oxygen atoms in total. The topological polar surface area (TPSA) is 83.7 Å². The molecule has 1 saturated heterocycles. The Morgan fingerprint density at radius 3 is 2.57 bits per heavy atom. The number of nitrogens with zero attached hydrogens (tertiary/aromatic N) is 4. The van der Waals surface area contributed by atoms with Crippen molar-refractivity contribution in [2.45, 2.75) is 33.6 Å². The Hall–Kier alpha value is -1.47. The molecule has 0 saturated carbocycles. The fourth-order valence-corrected chi connectivity index (χ4v) is 3.56. The van der Waals surface area contributed by atoms with Crippen molar-refractivity contribution in [1.82, 2.24) is 20.2 Å². The SMILES string of the molecule is Cc1nc(C)c(-c2nc(N3CCC(C)(CN)CC3)n[nH]2)s1. The molecular weight excluding hydrogens is 284 g/mol. The summed E-state index contributed by atoms with van der Waals surface area (Å²) in [6.07, 6.45) is 2.18. The molecule has 0 unspecified atom stereocenters. The Bertz CT molecular complexity index is 623. The van der Waals surface area contributed by atoms with Crippen molar-refractivity contribution in [3.63, 3.8) is 0 Å². The van der Waals surface area contributed by atoms with Crippen LogP contribution in [0.4, 0.5) is 5.95 Å². The summed E-state index contributed by atoms with van der Waals surface area (Å²) in [4.78, 5) is 12.4. The Morgan fingerprint density at radius 1 is 1.29 bits per heavy atom. The Morgan fingerprint density at radius 2 is 2.00 bits per heavy atom. The van der Waals surface area contributed by atoms with Crippen LogP contribution in [-0.4, -0.2) is 39.8 Å². The standard InChI is InChI=1S/C14H22N6S/c1-9-11(21-10(2)16-9)12-17-13(19-18-12)20-6-4-14(3,8-15)5-7-20/h4-8,15H2,1-3H3,(H,17,18,19). The first-order chi connectivity index (χ1) is 10.0. The zero-order valence-electron chi connectivity index (χ0n) is 12.8. The highest BCUT2D eigenvalue weighted by Crippen LogP contribution is 2.32. The summed E-state index contributed by atoms with van der Waals surface area (Å²) in [7, 11) is 0. The molecule has 1 aliphatic heterocycles. The molecule has 0 bridgehead atoms. The number of nitrogens with two attached hydrogens (primary N) is 1. The van der Waals surface area contributed by atoms with Crippen molar-refractivity contribution in [3.8, 4) is 10.7 Å². The molecule has 1 aliphatic rings. The molecule has 0 radical (unpaired) electrons. The zero-order valence-corrected chi connectivity index (χ0v) is 13.6. The highest BCUT2D eigenvalue weighted by molar-refractivity contribution is 7.15. The predicted octanol–water partition coefficient (Wildman–Crippen LogP) is 2.11. The van der Waals surface area contributed by atoms with E-state index in [4.69, 9.17) is 5.73 Å². The average Bonchev–Trinajstić information content (AvgIpc) is 3.06. The molecule has 2 aromatic heterocycles. The zero-order chi connectivity index (χ0) is 15.0. The number of nitrogens with one attached hydrogen (secondary N) is 1. The molecule has 0 amide bonds. The normalized spacial score (nSPS) is 18.2. The van der Waals surface area contributed by atoms with Crippen LogP contribution in [0.15, 0.2) is 0 Å². The highest BCUT2D eigenvalue weighted by Gasteiger charge is 2.30. The first kappa shape index (κ1) is 14.5. The number of H-pyrrole nitrogens is 1. The highest BCUT2D eigenvalue weighted by atomic mass is 32.1. The number of hydrogen-bond donors (Lipinski definition) is 2. The van der Waals surface area contributed by atoms with Gasteiger partial charge in [0.25, 0.3) is 0 Å². The van der Waals surface area contributed by atoms with Gasteiger partial charge in [-0.25, -0.2) is 4.98 Å². The van der Waals surface area contributed by atoms with E-state index in [1.165, 1.54) is 0 Å². The van der Waals surface area contributed by atoms with Gasteiger partial charge >= 0.3 is 0 Å². The first-order valence-electron chi connectivity index (χ1n) is 7.32. The number of rotatable bonds is 3. The van der Waals surface area contributed by atoms with Crippen molar-refractivity contribution in [2.24, 2.45) is 11.1 Å². The van der Waals surface area contributed by atoms with Crippen LogP contribution in [0.3, 0.4) is 0 Å². The lowest BCUT2D eigenvalue weighted by Crippen LogP contribution is -2.42. The van der Waals surface area contributed by atoms with Crippen molar-refractivity contribution in [3.05, 3.63) is 10.7 Å². The van der Waals surface area contributed by atoms with Crippen molar-refractivity contribution in [1.29, 1.82) is 0 Å². The lowest BCUT2D eigenvalue weighted by molar-refractivity contribution is 0.257. The minimum atomic E-state index is 0.265. The molecule has 0 aliphatic carbocycles. The monoisotopic (exact) mass is 306 g/mol. The van der Waals surface area contributed by atoms with E-state index in [-0.39, 0.29) is 5.41 Å². The maximum atomic E-state index is 5.86. The van der Waals surface area contributed by atoms with Crippen molar-refractivity contribution >= 4 is 17.3 Å². The third-order valence-electron chi connectivity index (χ3n) is 4.34. The van der Waals surface area contributed by atoms with Crippen molar-refractivity contribution in [2.75, 3.05) is 24.5 Å². The first-order valence-corrected chi connectivity index (χ1v) is 8.14. The van der Waals surface area contributed by atoms with Crippen LogP contribution in [-0.2, 0) is 0 Å². The smallest absolute Gasteiger partial charge is 0.245 e. The molecule has 21 heavy (non-hydrogen) atoms. The molecule has 0 spiro atoms. The van der Waals surface area contributed by atoms with Crippen LogP contribution in [0.25, 0.3) is 10.7 Å². The number of aromatic amines is 1. The van der Waals surface area contributed by atoms with Gasteiger partial charge in [-0.15, -0.1) is 16.4 Å². The van der Waals surface area contributed by atoms with Gasteiger partial charge in [0.15, 0.2) is 5.82 Å². The number of anilines is 1. The lowest BCUT2D eigenvalue weighted by atomic mass is 9.81. The van der Waals surface area contributed by atoms with Gasteiger partial charge in [0, 0.05) is 13.1 Å². The number of aromatic nitrogens is 4. The minimum Gasteiger partial charge on any atom is -0.339 e. The van der Waals surface area contributed by atoms with Gasteiger partial charge in [0.05, 0.1) is 15.6 Å². The average molecular weight is 306 g/mol. The lowest BCUT2D eigenvalue weighted by Gasteiger charge is -2.38. The number of aryl methyl sites for hydroxylation is 2. The molecule has 3 N–H and O–H groups in total. The number of thiazole rings is 1. The van der Waals surface area contributed by atoms with Gasteiger partial charge in [-0.2, -0.15) is 4.98 Å². The summed E-state index contributed by atoms with van der Waals surface area (Å²) in [5.41, 5.74) is 7.13. The van der Waals surface area contributed by atoms with Gasteiger partial charge < -0.3 is 10.6 Å². The Balaban J connectivity index is 1.76. The predicted molar refractivity (Wildman–Crippen MR) is 85.6 cm³/mol. The van der Waals surface area contributed by atoms with E-state index in [1.807, 2.05) is 13.8 Å². The van der Waals surface area contributed by atoms with E-state index in [0.29, 0.717) is 0 Å². The van der Waals surface area contributed by atoms with E-state index in [2.05, 4.69) is 32.0 Å². The second-order valence-corrected chi connectivity index (χ2v) is 7.34. The van der Waals surface area contributed by atoms with Crippen LogP contribution < -0.4 is 10.6 Å². The molecule has 1 fully saturated rings. The maximum Gasteiger partial charge on any atom is 0.245 e. The van der Waals surface area contributed by atoms with Gasteiger partial charge in [-0.05, 0) is 38.6 Å². The molecule has 0 aromatic carbocycles. The largest absolute Gasteiger partial charge is 0.339 e. The second-order valence-electron chi connectivity index (χ2n) is 6.13.